The Hall–Kier alpha value is -0.300. The first-order valence-corrected chi connectivity index (χ1v) is 10.0. The summed E-state index contributed by atoms with van der Waals surface area (Å²) in [6.07, 6.45) is 3.98. The van der Waals surface area contributed by atoms with Gasteiger partial charge in [-0.3, -0.25) is 9.69 Å². The molecule has 0 unspecified atom stereocenters. The fourth-order valence-corrected chi connectivity index (χ4v) is 5.37. The van der Waals surface area contributed by atoms with Gasteiger partial charge in [0.05, 0.1) is 19.8 Å². The van der Waals surface area contributed by atoms with Crippen LogP contribution < -0.4 is 0 Å². The highest BCUT2D eigenvalue weighted by molar-refractivity contribution is 8.00. The molecule has 0 aliphatic carbocycles. The zero-order valence-corrected chi connectivity index (χ0v) is 15.3. The van der Waals surface area contributed by atoms with Gasteiger partial charge in [-0.05, 0) is 12.8 Å². The van der Waals surface area contributed by atoms with Crippen molar-refractivity contribution in [3.63, 3.8) is 0 Å². The number of carbonyl (C=O) groups is 1. The normalized spacial score (nSPS) is 27.5. The number of thioether (sulfide) groups is 1. The number of amides is 1. The molecule has 3 aliphatic rings. The van der Waals surface area contributed by atoms with E-state index in [0.717, 1.165) is 44.8 Å². The van der Waals surface area contributed by atoms with Crippen molar-refractivity contribution in [3.8, 4) is 0 Å². The number of nitrogens with zero attached hydrogens (tertiary/aromatic N) is 2. The summed E-state index contributed by atoms with van der Waals surface area (Å²) < 4.78 is 11.8. The Labute approximate surface area is 144 Å². The number of rotatable bonds is 4. The fraction of sp³-hybridized carbons (Fsp3) is 0.941. The third kappa shape index (κ3) is 3.86. The summed E-state index contributed by atoms with van der Waals surface area (Å²) in [5.41, 5.74) is 0. The van der Waals surface area contributed by atoms with Crippen molar-refractivity contribution in [2.24, 2.45) is 0 Å². The van der Waals surface area contributed by atoms with Gasteiger partial charge in [0.2, 0.25) is 5.91 Å². The van der Waals surface area contributed by atoms with Gasteiger partial charge in [-0.2, -0.15) is 11.8 Å². The van der Waals surface area contributed by atoms with E-state index in [2.05, 4.69) is 30.5 Å². The lowest BCUT2D eigenvalue weighted by atomic mass is 10.0. The topological polar surface area (TPSA) is 42.0 Å². The molecular weight excluding hydrogens is 312 g/mol. The van der Waals surface area contributed by atoms with Crippen LogP contribution in [-0.2, 0) is 14.3 Å². The first-order chi connectivity index (χ1) is 11.1. The van der Waals surface area contributed by atoms with E-state index in [1.807, 2.05) is 4.90 Å². The Morgan fingerprint density at radius 2 is 1.74 bits per heavy atom. The van der Waals surface area contributed by atoms with E-state index in [-0.39, 0.29) is 5.91 Å². The van der Waals surface area contributed by atoms with Crippen LogP contribution in [0.1, 0.15) is 39.5 Å². The van der Waals surface area contributed by atoms with Crippen molar-refractivity contribution in [1.82, 2.24) is 9.80 Å². The van der Waals surface area contributed by atoms with E-state index in [4.69, 9.17) is 9.47 Å². The second kappa shape index (κ2) is 7.30. The maximum Gasteiger partial charge on any atom is 0.236 e. The summed E-state index contributed by atoms with van der Waals surface area (Å²) in [5.74, 6) is 1.02. The summed E-state index contributed by atoms with van der Waals surface area (Å²) in [6.45, 7) is 10.1. The summed E-state index contributed by atoms with van der Waals surface area (Å²) >= 11 is 2.09. The van der Waals surface area contributed by atoms with Crippen molar-refractivity contribution in [1.29, 1.82) is 0 Å². The van der Waals surface area contributed by atoms with Crippen LogP contribution in [0.3, 0.4) is 0 Å². The van der Waals surface area contributed by atoms with E-state index in [1.165, 1.54) is 12.8 Å². The molecule has 0 saturated carbocycles. The molecule has 0 N–H and O–H groups in total. The maximum atomic E-state index is 12.7. The standard InChI is InChI=1S/C17H30N2O3S/c1-3-16(4-2)14-18(9-12-23-16)13-15(20)19-7-5-17(6-8-19)21-10-11-22-17/h3-14H2,1-2H3. The number of likely N-dealkylation sites (tertiary alicyclic amines) is 1. The van der Waals surface area contributed by atoms with Gasteiger partial charge < -0.3 is 14.4 Å². The molecule has 3 fully saturated rings. The third-order valence-electron chi connectivity index (χ3n) is 5.67. The zero-order chi connectivity index (χ0) is 16.3. The number of carbonyl (C=O) groups excluding carboxylic acids is 1. The smallest absolute Gasteiger partial charge is 0.236 e. The summed E-state index contributed by atoms with van der Waals surface area (Å²) in [4.78, 5) is 17.0. The molecule has 3 saturated heterocycles. The monoisotopic (exact) mass is 342 g/mol. The number of ether oxygens (including phenoxy) is 2. The van der Waals surface area contributed by atoms with Crippen LogP contribution >= 0.6 is 11.8 Å². The minimum Gasteiger partial charge on any atom is -0.347 e. The highest BCUT2D eigenvalue weighted by Crippen LogP contribution is 2.36. The molecule has 3 rings (SSSR count). The lowest BCUT2D eigenvalue weighted by Gasteiger charge is -2.42. The predicted molar refractivity (Wildman–Crippen MR) is 92.7 cm³/mol. The van der Waals surface area contributed by atoms with Crippen molar-refractivity contribution in [3.05, 3.63) is 0 Å². The van der Waals surface area contributed by atoms with Crippen LogP contribution in [0.15, 0.2) is 0 Å². The quantitative estimate of drug-likeness (QED) is 0.781. The molecule has 132 valence electrons. The molecule has 0 atom stereocenters. The number of hydrogen-bond donors (Lipinski definition) is 0. The zero-order valence-electron chi connectivity index (χ0n) is 14.5. The Balaban J connectivity index is 1.49. The van der Waals surface area contributed by atoms with Gasteiger partial charge in [-0.1, -0.05) is 13.8 Å². The Morgan fingerprint density at radius 1 is 1.09 bits per heavy atom. The van der Waals surface area contributed by atoms with Gasteiger partial charge in [0.1, 0.15) is 0 Å². The van der Waals surface area contributed by atoms with Crippen molar-refractivity contribution < 1.29 is 14.3 Å². The van der Waals surface area contributed by atoms with Crippen LogP contribution in [0.25, 0.3) is 0 Å². The summed E-state index contributed by atoms with van der Waals surface area (Å²) in [7, 11) is 0. The average Bonchev–Trinajstić information content (AvgIpc) is 3.03. The van der Waals surface area contributed by atoms with Gasteiger partial charge in [-0.25, -0.2) is 0 Å². The molecule has 1 amide bonds. The van der Waals surface area contributed by atoms with Crippen LogP contribution in [0, 0.1) is 0 Å². The van der Waals surface area contributed by atoms with Crippen molar-refractivity contribution in [2.45, 2.75) is 50.1 Å². The average molecular weight is 343 g/mol. The van der Waals surface area contributed by atoms with Crippen LogP contribution in [0.4, 0.5) is 0 Å². The van der Waals surface area contributed by atoms with E-state index < -0.39 is 5.79 Å². The maximum absolute atomic E-state index is 12.7. The third-order valence-corrected chi connectivity index (χ3v) is 7.37. The Bertz CT molecular complexity index is 412. The van der Waals surface area contributed by atoms with Gasteiger partial charge >= 0.3 is 0 Å². The van der Waals surface area contributed by atoms with Gasteiger partial charge in [0.15, 0.2) is 5.79 Å². The first-order valence-electron chi connectivity index (χ1n) is 9.02. The molecule has 0 aromatic rings. The molecule has 0 bridgehead atoms. The number of piperidine rings is 1. The highest BCUT2D eigenvalue weighted by Gasteiger charge is 2.41. The lowest BCUT2D eigenvalue weighted by molar-refractivity contribution is -0.187. The molecule has 3 aliphatic heterocycles. The second-order valence-corrected chi connectivity index (χ2v) is 8.50. The minimum atomic E-state index is -0.391. The molecule has 0 aromatic carbocycles. The van der Waals surface area contributed by atoms with E-state index in [0.29, 0.717) is 24.5 Å². The van der Waals surface area contributed by atoms with Crippen LogP contribution in [-0.4, -0.2) is 77.9 Å². The largest absolute Gasteiger partial charge is 0.347 e. The van der Waals surface area contributed by atoms with Gasteiger partial charge in [0, 0.05) is 49.5 Å². The highest BCUT2D eigenvalue weighted by atomic mass is 32.2. The number of hydrogen-bond acceptors (Lipinski definition) is 5. The second-order valence-electron chi connectivity index (χ2n) is 6.94. The molecule has 5 nitrogen and oxygen atoms in total. The molecule has 0 aromatic heterocycles. The SMILES string of the molecule is CCC1(CC)CN(CC(=O)N2CCC3(CC2)OCCO3)CCS1. The molecule has 23 heavy (non-hydrogen) atoms. The van der Waals surface area contributed by atoms with Crippen LogP contribution in [0.5, 0.6) is 0 Å². The van der Waals surface area contributed by atoms with Gasteiger partial charge in [0.25, 0.3) is 0 Å². The van der Waals surface area contributed by atoms with Crippen LogP contribution in [0.2, 0.25) is 0 Å². The Morgan fingerprint density at radius 3 is 2.35 bits per heavy atom. The first kappa shape index (κ1) is 17.5. The molecule has 3 heterocycles. The van der Waals surface area contributed by atoms with E-state index >= 15 is 0 Å². The molecular formula is C17H30N2O3S. The minimum absolute atomic E-state index is 0.269. The van der Waals surface area contributed by atoms with Gasteiger partial charge in [-0.15, -0.1) is 0 Å². The molecule has 1 spiro atoms. The van der Waals surface area contributed by atoms with Crippen molar-refractivity contribution in [2.75, 3.05) is 51.7 Å². The summed E-state index contributed by atoms with van der Waals surface area (Å²) in [5, 5.41) is 0. The van der Waals surface area contributed by atoms with Crippen molar-refractivity contribution >= 4 is 17.7 Å². The van der Waals surface area contributed by atoms with E-state index in [1.54, 1.807) is 0 Å². The lowest BCUT2D eigenvalue weighted by Crippen LogP contribution is -2.53. The summed E-state index contributed by atoms with van der Waals surface area (Å²) in [6, 6.07) is 0. The molecule has 6 heteroatoms. The Kier molecular flexibility index (Phi) is 5.56. The van der Waals surface area contributed by atoms with E-state index in [9.17, 15) is 4.79 Å². The molecule has 0 radical (unpaired) electrons. The predicted octanol–water partition coefficient (Wildman–Crippen LogP) is 1.96. The fourth-order valence-electron chi connectivity index (χ4n) is 3.91.